The van der Waals surface area contributed by atoms with E-state index in [1.165, 1.54) is 4.68 Å². The van der Waals surface area contributed by atoms with Gasteiger partial charge in [0.2, 0.25) is 0 Å². The van der Waals surface area contributed by atoms with Crippen LogP contribution < -0.4 is 5.56 Å². The molecule has 0 N–H and O–H groups in total. The Morgan fingerprint density at radius 1 is 0.944 bits per heavy atom. The molecule has 0 unspecified atom stereocenters. The Morgan fingerprint density at radius 2 is 1.44 bits per heavy atom. The van der Waals surface area contributed by atoms with Crippen LogP contribution in [0.4, 0.5) is 0 Å². The molecular formula is C15H26N2O. The Bertz CT molecular complexity index is 475. The van der Waals surface area contributed by atoms with Crippen LogP contribution in [-0.4, -0.2) is 9.78 Å². The molecule has 0 spiro atoms. The van der Waals surface area contributed by atoms with Gasteiger partial charge >= 0.3 is 0 Å². The van der Waals surface area contributed by atoms with E-state index >= 15 is 0 Å². The van der Waals surface area contributed by atoms with Crippen molar-refractivity contribution in [3.8, 4) is 0 Å². The van der Waals surface area contributed by atoms with Crippen molar-refractivity contribution in [2.75, 3.05) is 0 Å². The summed E-state index contributed by atoms with van der Waals surface area (Å²) in [6.07, 6.45) is 1.69. The highest BCUT2D eigenvalue weighted by Crippen LogP contribution is 2.05. The maximum atomic E-state index is 11.4. The molecule has 2 aromatic rings. The number of fused-ring (bicyclic) bond motifs is 1. The molecule has 0 aliphatic heterocycles. The van der Waals surface area contributed by atoms with E-state index in [-0.39, 0.29) is 5.56 Å². The van der Waals surface area contributed by atoms with Crippen LogP contribution >= 0.6 is 0 Å². The topological polar surface area (TPSA) is 34.9 Å². The maximum Gasteiger partial charge on any atom is 0.274 e. The molecule has 0 fully saturated rings. The van der Waals surface area contributed by atoms with Gasteiger partial charge in [-0.2, -0.15) is 5.10 Å². The van der Waals surface area contributed by atoms with Crippen molar-refractivity contribution < 1.29 is 0 Å². The lowest BCUT2D eigenvalue weighted by Crippen LogP contribution is -2.18. The molecule has 1 aromatic carbocycles. The number of rotatable bonds is 0. The van der Waals surface area contributed by atoms with E-state index in [1.807, 2.05) is 59.7 Å². The number of hydrogen-bond acceptors (Lipinski definition) is 2. The lowest BCUT2D eigenvalue weighted by atomic mass is 10.2. The van der Waals surface area contributed by atoms with Crippen LogP contribution in [0.2, 0.25) is 0 Å². The first-order valence-electron chi connectivity index (χ1n) is 6.70. The van der Waals surface area contributed by atoms with Crippen molar-refractivity contribution >= 4 is 10.8 Å². The minimum atomic E-state index is -0.0481. The zero-order valence-electron chi connectivity index (χ0n) is 12.7. The van der Waals surface area contributed by atoms with E-state index in [0.717, 1.165) is 10.8 Å². The van der Waals surface area contributed by atoms with E-state index in [0.29, 0.717) is 0 Å². The average molecular weight is 250 g/mol. The fraction of sp³-hybridized carbons (Fsp3) is 0.467. The molecule has 0 saturated heterocycles. The van der Waals surface area contributed by atoms with Gasteiger partial charge in [0, 0.05) is 12.4 Å². The summed E-state index contributed by atoms with van der Waals surface area (Å²) in [4.78, 5) is 11.4. The fourth-order valence-corrected chi connectivity index (χ4v) is 1.18. The predicted molar refractivity (Wildman–Crippen MR) is 81.0 cm³/mol. The summed E-state index contributed by atoms with van der Waals surface area (Å²) in [5.41, 5.74) is -0.0481. The maximum absolute atomic E-state index is 11.4. The van der Waals surface area contributed by atoms with Gasteiger partial charge in [0.25, 0.3) is 5.56 Å². The van der Waals surface area contributed by atoms with Crippen LogP contribution in [0.1, 0.15) is 41.5 Å². The molecule has 0 saturated carbocycles. The van der Waals surface area contributed by atoms with E-state index < -0.39 is 0 Å². The van der Waals surface area contributed by atoms with Gasteiger partial charge in [0.1, 0.15) is 0 Å². The zero-order chi connectivity index (χ0) is 14.6. The van der Waals surface area contributed by atoms with E-state index in [1.54, 1.807) is 19.3 Å². The molecule has 2 rings (SSSR count). The van der Waals surface area contributed by atoms with Gasteiger partial charge in [-0.25, -0.2) is 4.68 Å². The molecule has 0 aliphatic rings. The summed E-state index contributed by atoms with van der Waals surface area (Å²) >= 11 is 0. The third-order valence-electron chi connectivity index (χ3n) is 1.86. The highest BCUT2D eigenvalue weighted by Gasteiger charge is 1.97. The van der Waals surface area contributed by atoms with Gasteiger partial charge in [0.05, 0.1) is 11.6 Å². The second kappa shape index (κ2) is 11.8. The molecule has 3 heteroatoms. The summed E-state index contributed by atoms with van der Waals surface area (Å²) in [5, 5.41) is 5.52. The van der Waals surface area contributed by atoms with Crippen molar-refractivity contribution in [2.24, 2.45) is 7.05 Å². The highest BCUT2D eigenvalue weighted by atomic mass is 16.1. The van der Waals surface area contributed by atoms with E-state index in [9.17, 15) is 4.79 Å². The summed E-state index contributed by atoms with van der Waals surface area (Å²) in [6.45, 7) is 12.0. The van der Waals surface area contributed by atoms with Crippen LogP contribution in [0.15, 0.2) is 35.3 Å². The normalized spacial score (nSPS) is 7.94. The Balaban J connectivity index is 0. The van der Waals surface area contributed by atoms with Crippen LogP contribution in [0.25, 0.3) is 10.8 Å². The van der Waals surface area contributed by atoms with Crippen molar-refractivity contribution in [2.45, 2.75) is 41.5 Å². The van der Waals surface area contributed by atoms with Crippen molar-refractivity contribution in [3.05, 3.63) is 40.8 Å². The number of aromatic nitrogens is 2. The molecule has 1 aromatic heterocycles. The first-order valence-corrected chi connectivity index (χ1v) is 6.70. The van der Waals surface area contributed by atoms with Gasteiger partial charge in [-0.05, 0) is 6.07 Å². The van der Waals surface area contributed by atoms with E-state index in [2.05, 4.69) is 5.10 Å². The number of benzene rings is 1. The largest absolute Gasteiger partial charge is 0.274 e. The minimum absolute atomic E-state index is 0.0481. The molecule has 0 bridgehead atoms. The summed E-state index contributed by atoms with van der Waals surface area (Å²) in [7, 11) is 1.65. The van der Waals surface area contributed by atoms with Crippen LogP contribution in [-0.2, 0) is 7.05 Å². The molecule has 0 atom stereocenters. The minimum Gasteiger partial charge on any atom is -0.267 e. The molecule has 0 amide bonds. The number of nitrogens with zero attached hydrogens (tertiary/aromatic N) is 2. The lowest BCUT2D eigenvalue weighted by Gasteiger charge is -1.97. The standard InChI is InChI=1S/C9H8N2O.3C2H6/c1-11-9(12)8-5-3-2-4-7(8)6-10-11;3*1-2/h2-6H,1H3;3*1-2H3. The first-order chi connectivity index (χ1) is 8.79. The van der Waals surface area contributed by atoms with Gasteiger partial charge in [-0.1, -0.05) is 59.7 Å². The molecule has 3 nitrogen and oxygen atoms in total. The molecular weight excluding hydrogens is 224 g/mol. The van der Waals surface area contributed by atoms with Crippen molar-refractivity contribution in [1.82, 2.24) is 9.78 Å². The summed E-state index contributed by atoms with van der Waals surface area (Å²) in [5.74, 6) is 0. The number of aryl methyl sites for hydroxylation is 1. The molecule has 0 radical (unpaired) electrons. The average Bonchev–Trinajstić information content (AvgIpc) is 2.49. The van der Waals surface area contributed by atoms with Gasteiger partial charge in [-0.3, -0.25) is 4.79 Å². The Labute approximate surface area is 110 Å². The van der Waals surface area contributed by atoms with Crippen molar-refractivity contribution in [3.63, 3.8) is 0 Å². The molecule has 18 heavy (non-hydrogen) atoms. The SMILES string of the molecule is CC.CC.CC.Cn1ncc2ccccc2c1=O. The van der Waals surface area contributed by atoms with Crippen LogP contribution in [0.5, 0.6) is 0 Å². The smallest absolute Gasteiger partial charge is 0.267 e. The number of hydrogen-bond donors (Lipinski definition) is 0. The predicted octanol–water partition coefficient (Wildman–Crippen LogP) is 4.01. The summed E-state index contributed by atoms with van der Waals surface area (Å²) in [6, 6.07) is 7.43. The quantitative estimate of drug-likeness (QED) is 0.708. The Morgan fingerprint density at radius 3 is 2.00 bits per heavy atom. The Kier molecular flexibility index (Phi) is 12.3. The molecule has 0 aliphatic carbocycles. The zero-order valence-corrected chi connectivity index (χ0v) is 12.7. The summed E-state index contributed by atoms with van der Waals surface area (Å²) < 4.78 is 1.34. The fourth-order valence-electron chi connectivity index (χ4n) is 1.18. The van der Waals surface area contributed by atoms with Crippen LogP contribution in [0, 0.1) is 0 Å². The molecule has 102 valence electrons. The van der Waals surface area contributed by atoms with Crippen LogP contribution in [0.3, 0.4) is 0 Å². The van der Waals surface area contributed by atoms with Gasteiger partial charge in [0.15, 0.2) is 0 Å². The van der Waals surface area contributed by atoms with Crippen molar-refractivity contribution in [1.29, 1.82) is 0 Å². The van der Waals surface area contributed by atoms with Gasteiger partial charge in [-0.15, -0.1) is 0 Å². The second-order valence-corrected chi connectivity index (χ2v) is 2.66. The second-order valence-electron chi connectivity index (χ2n) is 2.66. The monoisotopic (exact) mass is 250 g/mol. The van der Waals surface area contributed by atoms with E-state index in [4.69, 9.17) is 0 Å². The highest BCUT2D eigenvalue weighted by molar-refractivity contribution is 5.80. The van der Waals surface area contributed by atoms with Gasteiger partial charge < -0.3 is 0 Å². The third kappa shape index (κ3) is 5.13. The molecule has 1 heterocycles. The lowest BCUT2D eigenvalue weighted by molar-refractivity contribution is 0.718. The first kappa shape index (κ1) is 18.7. The third-order valence-corrected chi connectivity index (χ3v) is 1.86. The Hall–Kier alpha value is -1.64.